The van der Waals surface area contributed by atoms with Crippen LogP contribution in [-0.2, 0) is 9.59 Å². The van der Waals surface area contributed by atoms with Crippen LogP contribution in [0.15, 0.2) is 4.34 Å². The van der Waals surface area contributed by atoms with Crippen LogP contribution in [0.2, 0.25) is 0 Å². The Morgan fingerprint density at radius 3 is 2.48 bits per heavy atom. The average molecular weight is 415 g/mol. The number of hydrogen-bond acceptors (Lipinski definition) is 8. The number of nitrogens with one attached hydrogen (secondary N) is 2. The Kier molecular flexibility index (Phi) is 8.78. The summed E-state index contributed by atoms with van der Waals surface area (Å²) in [5.74, 6) is 1.06. The lowest BCUT2D eigenvalue weighted by atomic mass is 10.2. The molecule has 0 atom stereocenters. The Labute approximate surface area is 169 Å². The second kappa shape index (κ2) is 10.8. The number of hydrogen-bond donors (Lipinski definition) is 2. The van der Waals surface area contributed by atoms with Crippen molar-refractivity contribution in [3.8, 4) is 0 Å². The number of piperazine rings is 1. The van der Waals surface area contributed by atoms with E-state index in [2.05, 4.69) is 39.6 Å². The molecular weight excluding hydrogens is 384 g/mol. The molecule has 1 fully saturated rings. The largest absolute Gasteiger partial charge is 0.360 e. The van der Waals surface area contributed by atoms with E-state index in [4.69, 9.17) is 0 Å². The molecule has 0 aliphatic carbocycles. The molecule has 2 rings (SSSR count). The van der Waals surface area contributed by atoms with Crippen molar-refractivity contribution >= 4 is 40.0 Å². The minimum atomic E-state index is 0.0403. The second-order valence-electron chi connectivity index (χ2n) is 7.32. The van der Waals surface area contributed by atoms with Gasteiger partial charge in [0.25, 0.3) is 0 Å². The Hall–Kier alpha value is -1.39. The molecule has 1 saturated heterocycles. The smallest absolute Gasteiger partial charge is 0.234 e. The molecule has 0 aromatic carbocycles. The van der Waals surface area contributed by atoms with Crippen LogP contribution in [0.1, 0.15) is 27.7 Å². The molecule has 1 aromatic rings. The van der Waals surface area contributed by atoms with E-state index in [1.807, 2.05) is 18.7 Å². The summed E-state index contributed by atoms with van der Waals surface area (Å²) in [6.45, 7) is 12.2. The molecule has 1 aromatic heterocycles. The average Bonchev–Trinajstić information content (AvgIpc) is 3.05. The first-order valence-electron chi connectivity index (χ1n) is 9.33. The van der Waals surface area contributed by atoms with Crippen molar-refractivity contribution in [2.24, 2.45) is 5.92 Å². The van der Waals surface area contributed by atoms with Gasteiger partial charge in [-0.25, -0.2) is 0 Å². The number of nitrogens with zero attached hydrogens (tertiary/aromatic N) is 4. The first-order chi connectivity index (χ1) is 12.8. The van der Waals surface area contributed by atoms with E-state index in [1.165, 1.54) is 23.1 Å². The molecule has 8 nitrogen and oxygen atoms in total. The highest BCUT2D eigenvalue weighted by atomic mass is 32.2. The maximum Gasteiger partial charge on any atom is 0.234 e. The molecule has 2 amide bonds. The zero-order valence-electron chi connectivity index (χ0n) is 16.5. The van der Waals surface area contributed by atoms with Crippen LogP contribution < -0.4 is 10.6 Å². The molecule has 0 saturated carbocycles. The van der Waals surface area contributed by atoms with Crippen molar-refractivity contribution in [1.82, 2.24) is 25.3 Å². The van der Waals surface area contributed by atoms with Crippen LogP contribution in [0.4, 0.5) is 5.13 Å². The SMILES string of the molecule is CC(C)CNc1nnc(SCC(=O)N2CCN(CC(=O)NC(C)C)CC2)s1. The van der Waals surface area contributed by atoms with Gasteiger partial charge in [0, 0.05) is 38.8 Å². The van der Waals surface area contributed by atoms with Crippen LogP contribution in [0.5, 0.6) is 0 Å². The van der Waals surface area contributed by atoms with E-state index in [9.17, 15) is 9.59 Å². The van der Waals surface area contributed by atoms with Crippen molar-refractivity contribution in [1.29, 1.82) is 0 Å². The third-order valence-corrected chi connectivity index (χ3v) is 5.93. The summed E-state index contributed by atoms with van der Waals surface area (Å²) in [6, 6.07) is 0.152. The van der Waals surface area contributed by atoms with Gasteiger partial charge in [-0.2, -0.15) is 0 Å². The number of rotatable bonds is 9. The van der Waals surface area contributed by atoms with Gasteiger partial charge in [-0.1, -0.05) is 36.9 Å². The second-order valence-corrected chi connectivity index (χ2v) is 9.52. The predicted molar refractivity (Wildman–Crippen MR) is 110 cm³/mol. The predicted octanol–water partition coefficient (Wildman–Crippen LogP) is 1.37. The van der Waals surface area contributed by atoms with Crippen molar-refractivity contribution in [3.05, 3.63) is 0 Å². The molecule has 0 radical (unpaired) electrons. The number of thioether (sulfide) groups is 1. The van der Waals surface area contributed by atoms with E-state index in [1.54, 1.807) is 0 Å². The highest BCUT2D eigenvalue weighted by Crippen LogP contribution is 2.25. The Bertz CT molecular complexity index is 614. The fraction of sp³-hybridized carbons (Fsp3) is 0.765. The minimum Gasteiger partial charge on any atom is -0.360 e. The molecule has 27 heavy (non-hydrogen) atoms. The van der Waals surface area contributed by atoms with E-state index in [0.717, 1.165) is 29.1 Å². The standard InChI is InChI=1S/C17H30N6O2S2/c1-12(2)9-18-16-20-21-17(27-16)26-11-15(25)23-7-5-22(6-8-23)10-14(24)19-13(3)4/h12-13H,5-11H2,1-4H3,(H,18,20)(H,19,24). The highest BCUT2D eigenvalue weighted by Gasteiger charge is 2.23. The molecule has 0 unspecified atom stereocenters. The normalized spacial score (nSPS) is 15.4. The zero-order valence-corrected chi connectivity index (χ0v) is 18.2. The van der Waals surface area contributed by atoms with Gasteiger partial charge in [0.05, 0.1) is 12.3 Å². The maximum absolute atomic E-state index is 12.4. The number of carbonyl (C=O) groups is 2. The van der Waals surface area contributed by atoms with Crippen molar-refractivity contribution in [2.45, 2.75) is 38.1 Å². The summed E-state index contributed by atoms with van der Waals surface area (Å²) < 4.78 is 0.804. The van der Waals surface area contributed by atoms with Gasteiger partial charge in [-0.05, 0) is 19.8 Å². The Morgan fingerprint density at radius 2 is 1.85 bits per heavy atom. The molecule has 1 aliphatic rings. The van der Waals surface area contributed by atoms with Crippen molar-refractivity contribution < 1.29 is 9.59 Å². The molecule has 1 aliphatic heterocycles. The summed E-state index contributed by atoms with van der Waals surface area (Å²) in [7, 11) is 0. The number of carbonyl (C=O) groups excluding carboxylic acids is 2. The number of anilines is 1. The van der Waals surface area contributed by atoms with Gasteiger partial charge in [-0.3, -0.25) is 14.5 Å². The van der Waals surface area contributed by atoms with Gasteiger partial charge in [-0.15, -0.1) is 10.2 Å². The lowest BCUT2D eigenvalue weighted by Crippen LogP contribution is -2.51. The van der Waals surface area contributed by atoms with E-state index in [0.29, 0.717) is 31.3 Å². The quantitative estimate of drug-likeness (QED) is 0.590. The third-order valence-electron chi connectivity index (χ3n) is 3.93. The summed E-state index contributed by atoms with van der Waals surface area (Å²) in [5, 5.41) is 15.2. The molecule has 10 heteroatoms. The number of aromatic nitrogens is 2. The van der Waals surface area contributed by atoms with Crippen molar-refractivity contribution in [3.63, 3.8) is 0 Å². The van der Waals surface area contributed by atoms with Gasteiger partial charge in [0.1, 0.15) is 0 Å². The molecule has 0 spiro atoms. The minimum absolute atomic E-state index is 0.0403. The van der Waals surface area contributed by atoms with Gasteiger partial charge < -0.3 is 15.5 Å². The summed E-state index contributed by atoms with van der Waals surface area (Å²) >= 11 is 2.91. The maximum atomic E-state index is 12.4. The topological polar surface area (TPSA) is 90.5 Å². The van der Waals surface area contributed by atoms with Crippen LogP contribution in [0.25, 0.3) is 0 Å². The van der Waals surface area contributed by atoms with E-state index in [-0.39, 0.29) is 17.9 Å². The van der Waals surface area contributed by atoms with Crippen molar-refractivity contribution in [2.75, 3.05) is 50.3 Å². The first-order valence-corrected chi connectivity index (χ1v) is 11.1. The fourth-order valence-electron chi connectivity index (χ4n) is 2.57. The summed E-state index contributed by atoms with van der Waals surface area (Å²) in [6.07, 6.45) is 0. The lowest BCUT2D eigenvalue weighted by molar-refractivity contribution is -0.130. The van der Waals surface area contributed by atoms with E-state index < -0.39 is 0 Å². The number of amides is 2. The Balaban J connectivity index is 1.68. The monoisotopic (exact) mass is 414 g/mol. The molecule has 152 valence electrons. The van der Waals surface area contributed by atoms with Gasteiger partial charge in [0.15, 0.2) is 4.34 Å². The molecular formula is C17H30N6O2S2. The first kappa shape index (κ1) is 21.9. The lowest BCUT2D eigenvalue weighted by Gasteiger charge is -2.34. The summed E-state index contributed by atoms with van der Waals surface area (Å²) in [5.41, 5.74) is 0. The van der Waals surface area contributed by atoms with Gasteiger partial charge >= 0.3 is 0 Å². The third kappa shape index (κ3) is 8.02. The summed E-state index contributed by atoms with van der Waals surface area (Å²) in [4.78, 5) is 28.2. The van der Waals surface area contributed by atoms with E-state index >= 15 is 0 Å². The van der Waals surface area contributed by atoms with Crippen LogP contribution in [0.3, 0.4) is 0 Å². The van der Waals surface area contributed by atoms with Gasteiger partial charge in [0.2, 0.25) is 16.9 Å². The molecule has 2 N–H and O–H groups in total. The molecule has 0 bridgehead atoms. The van der Waals surface area contributed by atoms with Crippen LogP contribution in [-0.4, -0.2) is 82.9 Å². The van der Waals surface area contributed by atoms with Crippen LogP contribution >= 0.6 is 23.1 Å². The fourth-order valence-corrected chi connectivity index (χ4v) is 4.23. The Morgan fingerprint density at radius 1 is 1.15 bits per heavy atom. The highest BCUT2D eigenvalue weighted by molar-refractivity contribution is 8.01. The van der Waals surface area contributed by atoms with Crippen LogP contribution in [0, 0.1) is 5.92 Å². The molecule has 2 heterocycles. The zero-order chi connectivity index (χ0) is 19.8.